The first-order chi connectivity index (χ1) is 11.9. The molecule has 0 saturated carbocycles. The van der Waals surface area contributed by atoms with Crippen LogP contribution < -0.4 is 5.32 Å². The van der Waals surface area contributed by atoms with E-state index in [1.807, 2.05) is 66.0 Å². The van der Waals surface area contributed by atoms with Gasteiger partial charge in [0.25, 0.3) is 0 Å². The minimum atomic E-state index is -4.91. The molecule has 0 fully saturated rings. The molecule has 0 aliphatic rings. The van der Waals surface area contributed by atoms with Gasteiger partial charge < -0.3 is 5.32 Å². The summed E-state index contributed by atoms with van der Waals surface area (Å²) in [6.45, 7) is -0.268. The summed E-state index contributed by atoms with van der Waals surface area (Å²) in [5, 5.41) is 6.37. The van der Waals surface area contributed by atoms with E-state index in [1.54, 1.807) is 10.9 Å². The van der Waals surface area contributed by atoms with E-state index < -0.39 is 12.1 Å². The van der Waals surface area contributed by atoms with Crippen LogP contribution in [0.1, 0.15) is 5.56 Å². The lowest BCUT2D eigenvalue weighted by atomic mass is 10.1. The van der Waals surface area contributed by atoms with Gasteiger partial charge in [0.1, 0.15) is 0 Å². The van der Waals surface area contributed by atoms with Crippen molar-refractivity contribution in [2.75, 3.05) is 0 Å². The van der Waals surface area contributed by atoms with Crippen LogP contribution in [0, 0.1) is 0 Å². The summed E-state index contributed by atoms with van der Waals surface area (Å²) in [5.74, 6) is -1.97. The minimum Gasteiger partial charge on any atom is -0.344 e. The molecular weight excluding hydrogens is 331 g/mol. The molecule has 2 aromatic carbocycles. The monoisotopic (exact) mass is 345 g/mol. The van der Waals surface area contributed by atoms with Crippen LogP contribution in [0.5, 0.6) is 0 Å². The second kappa shape index (κ2) is 6.80. The van der Waals surface area contributed by atoms with Crippen molar-refractivity contribution in [3.63, 3.8) is 0 Å². The van der Waals surface area contributed by atoms with E-state index in [-0.39, 0.29) is 6.54 Å². The van der Waals surface area contributed by atoms with E-state index in [4.69, 9.17) is 0 Å². The maximum Gasteiger partial charge on any atom is 0.471 e. The van der Waals surface area contributed by atoms with Crippen molar-refractivity contribution in [1.82, 2.24) is 15.1 Å². The lowest BCUT2D eigenvalue weighted by Gasteiger charge is -2.07. The van der Waals surface area contributed by atoms with E-state index in [1.165, 1.54) is 0 Å². The zero-order chi connectivity index (χ0) is 17.9. The molecule has 0 aliphatic heterocycles. The van der Waals surface area contributed by atoms with Crippen LogP contribution in [0.4, 0.5) is 13.2 Å². The Morgan fingerprint density at radius 2 is 1.60 bits per heavy atom. The molecule has 3 rings (SSSR count). The van der Waals surface area contributed by atoms with Crippen molar-refractivity contribution in [3.05, 3.63) is 72.4 Å². The Morgan fingerprint density at radius 1 is 1.00 bits per heavy atom. The quantitative estimate of drug-likeness (QED) is 0.783. The topological polar surface area (TPSA) is 46.9 Å². The van der Waals surface area contributed by atoms with E-state index in [0.29, 0.717) is 11.3 Å². The largest absolute Gasteiger partial charge is 0.471 e. The highest BCUT2D eigenvalue weighted by molar-refractivity contribution is 5.81. The van der Waals surface area contributed by atoms with E-state index in [9.17, 15) is 18.0 Å². The number of benzene rings is 2. The Balaban J connectivity index is 1.95. The molecule has 0 aliphatic carbocycles. The van der Waals surface area contributed by atoms with Crippen molar-refractivity contribution >= 4 is 5.91 Å². The Labute approximate surface area is 141 Å². The van der Waals surface area contributed by atoms with Gasteiger partial charge in [0.15, 0.2) is 0 Å². The van der Waals surface area contributed by atoms with Crippen molar-refractivity contribution in [2.45, 2.75) is 12.7 Å². The van der Waals surface area contributed by atoms with Gasteiger partial charge in [0, 0.05) is 23.9 Å². The number of amides is 1. The van der Waals surface area contributed by atoms with Crippen LogP contribution in [-0.4, -0.2) is 21.9 Å². The van der Waals surface area contributed by atoms with E-state index in [2.05, 4.69) is 5.10 Å². The van der Waals surface area contributed by atoms with Crippen LogP contribution in [0.3, 0.4) is 0 Å². The highest BCUT2D eigenvalue weighted by Crippen LogP contribution is 2.24. The molecule has 1 amide bonds. The molecule has 0 radical (unpaired) electrons. The highest BCUT2D eigenvalue weighted by atomic mass is 19.4. The molecule has 1 heterocycles. The van der Waals surface area contributed by atoms with Gasteiger partial charge in [-0.2, -0.15) is 18.3 Å². The SMILES string of the molecule is O=C(NCc1cn(-c2ccccc2)nc1-c1ccccc1)C(F)(F)F. The first-order valence-electron chi connectivity index (χ1n) is 7.49. The molecule has 0 spiro atoms. The van der Waals surface area contributed by atoms with E-state index >= 15 is 0 Å². The molecule has 7 heteroatoms. The van der Waals surface area contributed by atoms with Crippen LogP contribution in [0.2, 0.25) is 0 Å². The lowest BCUT2D eigenvalue weighted by molar-refractivity contribution is -0.173. The van der Waals surface area contributed by atoms with Gasteiger partial charge in [-0.15, -0.1) is 0 Å². The van der Waals surface area contributed by atoms with Gasteiger partial charge in [0.2, 0.25) is 0 Å². The Bertz CT molecular complexity index is 858. The fourth-order valence-corrected chi connectivity index (χ4v) is 2.37. The molecule has 1 aromatic heterocycles. The summed E-state index contributed by atoms with van der Waals surface area (Å²) >= 11 is 0. The number of aromatic nitrogens is 2. The van der Waals surface area contributed by atoms with Gasteiger partial charge in [-0.1, -0.05) is 48.5 Å². The summed E-state index contributed by atoms with van der Waals surface area (Å²) in [6, 6.07) is 18.3. The van der Waals surface area contributed by atoms with Crippen molar-refractivity contribution < 1.29 is 18.0 Å². The fraction of sp³-hybridized carbons (Fsp3) is 0.111. The molecule has 0 atom stereocenters. The number of alkyl halides is 3. The predicted octanol–water partition coefficient (Wildman–Crippen LogP) is 3.72. The number of hydrogen-bond donors (Lipinski definition) is 1. The Morgan fingerprint density at radius 3 is 2.20 bits per heavy atom. The highest BCUT2D eigenvalue weighted by Gasteiger charge is 2.38. The number of para-hydroxylation sites is 1. The van der Waals surface area contributed by atoms with Gasteiger partial charge in [-0.05, 0) is 12.1 Å². The van der Waals surface area contributed by atoms with Gasteiger partial charge in [-0.3, -0.25) is 4.79 Å². The molecule has 128 valence electrons. The number of hydrogen-bond acceptors (Lipinski definition) is 2. The predicted molar refractivity (Wildman–Crippen MR) is 86.9 cm³/mol. The first kappa shape index (κ1) is 16.8. The summed E-state index contributed by atoms with van der Waals surface area (Å²) in [6.07, 6.45) is -3.29. The van der Waals surface area contributed by atoms with E-state index in [0.717, 1.165) is 11.3 Å². The standard InChI is InChI=1S/C18H14F3N3O/c19-18(20,21)17(25)22-11-14-12-24(15-9-5-2-6-10-15)23-16(14)13-7-3-1-4-8-13/h1-10,12H,11H2,(H,22,25). The van der Waals surface area contributed by atoms with Gasteiger partial charge >= 0.3 is 12.1 Å². The maximum absolute atomic E-state index is 12.4. The molecule has 3 aromatic rings. The number of nitrogens with zero attached hydrogens (tertiary/aromatic N) is 2. The number of nitrogens with one attached hydrogen (secondary N) is 1. The average Bonchev–Trinajstić information content (AvgIpc) is 3.04. The van der Waals surface area contributed by atoms with Crippen LogP contribution >= 0.6 is 0 Å². The van der Waals surface area contributed by atoms with Crippen molar-refractivity contribution in [2.24, 2.45) is 0 Å². The van der Waals surface area contributed by atoms with Crippen molar-refractivity contribution in [3.8, 4) is 16.9 Å². The first-order valence-corrected chi connectivity index (χ1v) is 7.49. The molecule has 25 heavy (non-hydrogen) atoms. The normalized spacial score (nSPS) is 11.3. The minimum absolute atomic E-state index is 0.268. The second-order valence-corrected chi connectivity index (χ2v) is 5.33. The molecule has 0 bridgehead atoms. The molecule has 0 unspecified atom stereocenters. The number of halogens is 3. The number of rotatable bonds is 4. The summed E-state index contributed by atoms with van der Waals surface area (Å²) < 4.78 is 38.8. The Hall–Kier alpha value is -3.09. The molecule has 4 nitrogen and oxygen atoms in total. The third kappa shape index (κ3) is 3.88. The molecular formula is C18H14F3N3O. The average molecular weight is 345 g/mol. The Kier molecular flexibility index (Phi) is 4.56. The summed E-state index contributed by atoms with van der Waals surface area (Å²) in [7, 11) is 0. The molecule has 1 N–H and O–H groups in total. The second-order valence-electron chi connectivity index (χ2n) is 5.33. The smallest absolute Gasteiger partial charge is 0.344 e. The number of carbonyl (C=O) groups is 1. The van der Waals surface area contributed by atoms with Crippen molar-refractivity contribution in [1.29, 1.82) is 0 Å². The lowest BCUT2D eigenvalue weighted by Crippen LogP contribution is -2.36. The van der Waals surface area contributed by atoms with Gasteiger partial charge in [-0.25, -0.2) is 4.68 Å². The zero-order valence-electron chi connectivity index (χ0n) is 13.0. The maximum atomic E-state index is 12.4. The summed E-state index contributed by atoms with van der Waals surface area (Å²) in [5.41, 5.74) is 2.54. The number of carbonyl (C=O) groups excluding carboxylic acids is 1. The molecule has 0 saturated heterocycles. The summed E-state index contributed by atoms with van der Waals surface area (Å²) in [4.78, 5) is 11.1. The zero-order valence-corrected chi connectivity index (χ0v) is 13.0. The third-order valence-corrected chi connectivity index (χ3v) is 3.55. The fourth-order valence-electron chi connectivity index (χ4n) is 2.37. The van der Waals surface area contributed by atoms with Crippen LogP contribution in [0.15, 0.2) is 66.9 Å². The van der Waals surface area contributed by atoms with Crippen LogP contribution in [0.25, 0.3) is 16.9 Å². The van der Waals surface area contributed by atoms with Gasteiger partial charge in [0.05, 0.1) is 11.4 Å². The third-order valence-electron chi connectivity index (χ3n) is 3.55. The van der Waals surface area contributed by atoms with Crippen LogP contribution in [-0.2, 0) is 11.3 Å².